The third kappa shape index (κ3) is 8.87. The lowest BCUT2D eigenvalue weighted by Gasteiger charge is -2.42. The van der Waals surface area contributed by atoms with Crippen LogP contribution in [0.25, 0.3) is 0 Å². The zero-order valence-corrected chi connectivity index (χ0v) is 31.9. The Kier molecular flexibility index (Phi) is 12.1. The number of likely N-dealkylation sites (tertiary alicyclic amines) is 2. The van der Waals surface area contributed by atoms with Crippen molar-refractivity contribution in [1.29, 1.82) is 0 Å². The summed E-state index contributed by atoms with van der Waals surface area (Å²) in [7, 11) is 2.17. The molecule has 50 heavy (non-hydrogen) atoms. The van der Waals surface area contributed by atoms with Gasteiger partial charge in [0.1, 0.15) is 6.04 Å². The number of piperazine rings is 1. The van der Waals surface area contributed by atoms with Crippen molar-refractivity contribution in [2.24, 2.45) is 0 Å². The molecule has 3 fully saturated rings. The van der Waals surface area contributed by atoms with E-state index in [9.17, 15) is 19.2 Å². The molecule has 270 valence electrons. The molecule has 0 spiro atoms. The minimum absolute atomic E-state index is 0.0132. The number of para-hydroxylation sites is 1. The van der Waals surface area contributed by atoms with Gasteiger partial charge in [-0.15, -0.1) is 0 Å². The predicted octanol–water partition coefficient (Wildman–Crippen LogP) is 3.64. The van der Waals surface area contributed by atoms with Crippen molar-refractivity contribution >= 4 is 66.9 Å². The Morgan fingerprint density at radius 3 is 2.22 bits per heavy atom. The lowest BCUT2D eigenvalue weighted by Crippen LogP contribution is -2.57. The normalized spacial score (nSPS) is 20.9. The second-order valence-corrected chi connectivity index (χ2v) is 15.7. The van der Waals surface area contributed by atoms with Crippen LogP contribution in [0.4, 0.5) is 16.2 Å². The number of carbonyl (C=O) groups is 4. The highest BCUT2D eigenvalue weighted by molar-refractivity contribution is 9.11. The average Bonchev–Trinajstić information content (AvgIpc) is 3.28. The van der Waals surface area contributed by atoms with Gasteiger partial charge in [-0.05, 0) is 108 Å². The number of nitrogens with two attached hydrogens (primary N) is 1. The Labute approximate surface area is 311 Å². The summed E-state index contributed by atoms with van der Waals surface area (Å²) in [5.74, 6) is -0.815. The van der Waals surface area contributed by atoms with E-state index in [2.05, 4.69) is 64.2 Å². The fourth-order valence-corrected chi connectivity index (χ4v) is 8.88. The van der Waals surface area contributed by atoms with E-state index < -0.39 is 6.04 Å². The van der Waals surface area contributed by atoms with E-state index in [1.54, 1.807) is 17.0 Å². The number of nitrogens with zero attached hydrogens (tertiary/aromatic N) is 5. The van der Waals surface area contributed by atoms with Gasteiger partial charge in [0, 0.05) is 84.5 Å². The minimum Gasteiger partial charge on any atom is -0.397 e. The van der Waals surface area contributed by atoms with E-state index in [0.717, 1.165) is 56.9 Å². The molecule has 6 rings (SSSR count). The first-order valence-corrected chi connectivity index (χ1v) is 19.3. The number of Topliss-reactive ketones (excluding diaryl/α,β-unsaturated/α-hetero) is 1. The molecule has 2 aromatic carbocycles. The summed E-state index contributed by atoms with van der Waals surface area (Å²) in [5.41, 5.74) is 8.87. The highest BCUT2D eigenvalue weighted by Gasteiger charge is 2.35. The number of hydrogen-bond donors (Lipinski definition) is 3. The van der Waals surface area contributed by atoms with Crippen molar-refractivity contribution in [1.82, 2.24) is 29.8 Å². The molecular formula is C36H48Br2N8O4. The van der Waals surface area contributed by atoms with Crippen LogP contribution in [0.1, 0.15) is 48.0 Å². The smallest absolute Gasteiger partial charge is 0.322 e. The molecule has 0 saturated carbocycles. The number of benzene rings is 2. The van der Waals surface area contributed by atoms with Gasteiger partial charge in [-0.1, -0.05) is 18.2 Å². The fourth-order valence-electron chi connectivity index (χ4n) is 7.69. The number of fused-ring (bicyclic) bond motifs is 1. The number of ketones is 1. The van der Waals surface area contributed by atoms with Gasteiger partial charge in [0.2, 0.25) is 11.8 Å². The maximum Gasteiger partial charge on any atom is 0.322 e. The van der Waals surface area contributed by atoms with Crippen molar-refractivity contribution < 1.29 is 19.2 Å². The number of nitrogens with one attached hydrogen (secondary N) is 2. The molecule has 0 radical (unpaired) electrons. The molecule has 0 aliphatic carbocycles. The van der Waals surface area contributed by atoms with E-state index >= 15 is 0 Å². The van der Waals surface area contributed by atoms with Crippen LogP contribution in [0, 0.1) is 0 Å². The van der Waals surface area contributed by atoms with E-state index in [1.807, 2.05) is 29.2 Å². The van der Waals surface area contributed by atoms with Gasteiger partial charge >= 0.3 is 6.03 Å². The van der Waals surface area contributed by atoms with Gasteiger partial charge in [0.15, 0.2) is 5.78 Å². The zero-order valence-electron chi connectivity index (χ0n) is 28.7. The minimum atomic E-state index is -1.02. The number of carbonyl (C=O) groups excluding carboxylic acids is 4. The van der Waals surface area contributed by atoms with Gasteiger partial charge in [-0.25, -0.2) is 4.79 Å². The second kappa shape index (κ2) is 16.5. The number of amides is 4. The Balaban J connectivity index is 1.08. The molecule has 0 aromatic heterocycles. The van der Waals surface area contributed by atoms with Crippen molar-refractivity contribution in [3.63, 3.8) is 0 Å². The summed E-state index contributed by atoms with van der Waals surface area (Å²) in [6.07, 6.45) is 4.16. The largest absolute Gasteiger partial charge is 0.397 e. The molecule has 1 unspecified atom stereocenters. The van der Waals surface area contributed by atoms with Crippen molar-refractivity contribution in [2.75, 3.05) is 83.5 Å². The molecule has 4 aliphatic heterocycles. The summed E-state index contributed by atoms with van der Waals surface area (Å²) < 4.78 is 1.15. The molecule has 1 atom stereocenters. The summed E-state index contributed by atoms with van der Waals surface area (Å²) in [6.45, 7) is 7.27. The summed E-state index contributed by atoms with van der Waals surface area (Å²) in [4.78, 5) is 65.0. The quantitative estimate of drug-likeness (QED) is 0.258. The van der Waals surface area contributed by atoms with Crippen LogP contribution >= 0.6 is 31.9 Å². The number of urea groups is 1. The first kappa shape index (κ1) is 36.7. The monoisotopic (exact) mass is 814 g/mol. The molecule has 4 amide bonds. The molecule has 14 heteroatoms. The molecule has 3 saturated heterocycles. The van der Waals surface area contributed by atoms with Crippen LogP contribution in [0.5, 0.6) is 0 Å². The highest BCUT2D eigenvalue weighted by atomic mass is 79.9. The molecule has 4 N–H and O–H groups in total. The predicted molar refractivity (Wildman–Crippen MR) is 201 cm³/mol. The van der Waals surface area contributed by atoms with Crippen molar-refractivity contribution in [2.45, 2.75) is 56.7 Å². The summed E-state index contributed by atoms with van der Waals surface area (Å²) in [5, 5.41) is 5.99. The lowest BCUT2D eigenvalue weighted by atomic mass is 9.99. The number of halogens is 2. The molecule has 4 heterocycles. The van der Waals surface area contributed by atoms with Crippen LogP contribution in [0.3, 0.4) is 0 Å². The molecule has 4 aliphatic rings. The fraction of sp³-hybridized carbons (Fsp3) is 0.556. The van der Waals surface area contributed by atoms with Crippen molar-refractivity contribution in [3.8, 4) is 0 Å². The number of hydrogen-bond acceptors (Lipinski definition) is 8. The van der Waals surface area contributed by atoms with Crippen LogP contribution in [-0.2, 0) is 16.0 Å². The van der Waals surface area contributed by atoms with Gasteiger partial charge in [-0.2, -0.15) is 0 Å². The van der Waals surface area contributed by atoms with Crippen LogP contribution < -0.4 is 16.4 Å². The van der Waals surface area contributed by atoms with Gasteiger partial charge < -0.3 is 31.1 Å². The van der Waals surface area contributed by atoms with Crippen LogP contribution in [-0.4, -0.2) is 139 Å². The Morgan fingerprint density at radius 2 is 1.54 bits per heavy atom. The van der Waals surface area contributed by atoms with Crippen molar-refractivity contribution in [3.05, 3.63) is 56.5 Å². The molecule has 2 aromatic rings. The maximum absolute atomic E-state index is 14.1. The van der Waals surface area contributed by atoms with E-state index in [4.69, 9.17) is 5.73 Å². The first-order chi connectivity index (χ1) is 24.0. The molecule has 12 nitrogen and oxygen atoms in total. The molecule has 0 bridgehead atoms. The third-order valence-electron chi connectivity index (χ3n) is 10.8. The topological polar surface area (TPSA) is 135 Å². The van der Waals surface area contributed by atoms with E-state index in [0.29, 0.717) is 58.7 Å². The maximum atomic E-state index is 14.1. The Morgan fingerprint density at radius 1 is 0.900 bits per heavy atom. The number of anilines is 2. The van der Waals surface area contributed by atoms with Crippen LogP contribution in [0.2, 0.25) is 0 Å². The van der Waals surface area contributed by atoms with Gasteiger partial charge in [0.05, 0.1) is 12.2 Å². The number of piperidine rings is 2. The standard InChI is InChI=1S/C36H48Br2N8O4/c1-42-11-7-26(8-12-42)44-18-16-43(17-19-44)23-33(48)40-31(22-32(47)25-20-28(37)34(39)29(38)21-25)35(49)45-13-9-27(10-14-45)46-15-6-24-4-2-3-5-30(24)41-36(46)50/h2-5,20-21,26-27,31H,6-19,22-23,39H2,1H3,(H,40,48)(H,41,50). The zero-order chi connectivity index (χ0) is 35.4. The summed E-state index contributed by atoms with van der Waals surface area (Å²) >= 11 is 6.82. The number of rotatable bonds is 9. The number of nitrogen functional groups attached to an aromatic ring is 1. The molecular weight excluding hydrogens is 768 g/mol. The average molecular weight is 817 g/mol. The third-order valence-corrected chi connectivity index (χ3v) is 12.1. The van der Waals surface area contributed by atoms with Gasteiger partial charge in [-0.3, -0.25) is 24.2 Å². The van der Waals surface area contributed by atoms with Gasteiger partial charge in [0.25, 0.3) is 0 Å². The highest BCUT2D eigenvalue weighted by Crippen LogP contribution is 2.31. The SMILES string of the molecule is CN1CCC(N2CCN(CC(=O)NC(CC(=O)c3cc(Br)c(N)c(Br)c3)C(=O)N3CCC(N4CCc5ccccc5NC4=O)CC3)CC2)CC1. The lowest BCUT2D eigenvalue weighted by molar-refractivity contribution is -0.138. The van der Waals surface area contributed by atoms with Crippen LogP contribution in [0.15, 0.2) is 45.3 Å². The first-order valence-electron chi connectivity index (χ1n) is 17.7. The Bertz CT molecular complexity index is 1550. The second-order valence-electron chi connectivity index (χ2n) is 14.0. The van der Waals surface area contributed by atoms with E-state index in [-0.39, 0.29) is 42.6 Å². The summed E-state index contributed by atoms with van der Waals surface area (Å²) in [6, 6.07) is 10.6. The Hall–Kier alpha value is -3.04. The van der Waals surface area contributed by atoms with E-state index in [1.165, 1.54) is 12.8 Å².